The molecule has 1 aliphatic rings. The van der Waals surface area contributed by atoms with E-state index in [-0.39, 0.29) is 24.0 Å². The number of hydrogen-bond donors (Lipinski definition) is 1. The SMILES string of the molecule is C=CCN=C(NCC)N1CCC(=Cc2ccccc2)CC1.I. The van der Waals surface area contributed by atoms with Gasteiger partial charge in [-0.2, -0.15) is 0 Å². The highest BCUT2D eigenvalue weighted by molar-refractivity contribution is 14.0. The molecule has 0 unspecified atom stereocenters. The molecular weight excluding hydrogens is 385 g/mol. The predicted octanol–water partition coefficient (Wildman–Crippen LogP) is 3.94. The average molecular weight is 411 g/mol. The van der Waals surface area contributed by atoms with Gasteiger partial charge in [0.15, 0.2) is 5.96 Å². The minimum atomic E-state index is 0. The summed E-state index contributed by atoms with van der Waals surface area (Å²) in [5.74, 6) is 1.01. The van der Waals surface area contributed by atoms with Gasteiger partial charge in [0.25, 0.3) is 0 Å². The molecule has 0 amide bonds. The van der Waals surface area contributed by atoms with Crippen LogP contribution in [0, 0.1) is 0 Å². The number of rotatable bonds is 4. The van der Waals surface area contributed by atoms with Gasteiger partial charge in [0.1, 0.15) is 0 Å². The summed E-state index contributed by atoms with van der Waals surface area (Å²) in [5.41, 5.74) is 2.82. The minimum absolute atomic E-state index is 0. The van der Waals surface area contributed by atoms with Crippen LogP contribution in [-0.4, -0.2) is 37.0 Å². The number of guanidine groups is 1. The molecule has 0 spiro atoms. The standard InChI is InChI=1S/C18H25N3.HI/c1-3-12-20-18(19-4-2)21-13-10-17(11-14-21)15-16-8-6-5-7-9-16;/h3,5-9,15H,1,4,10-14H2,2H3,(H,19,20);1H. The average Bonchev–Trinajstić information content (AvgIpc) is 2.53. The van der Waals surface area contributed by atoms with Crippen LogP contribution in [0.1, 0.15) is 25.3 Å². The van der Waals surface area contributed by atoms with Crippen LogP contribution in [0.3, 0.4) is 0 Å². The van der Waals surface area contributed by atoms with E-state index in [1.54, 1.807) is 0 Å². The molecule has 0 aliphatic carbocycles. The van der Waals surface area contributed by atoms with E-state index in [1.165, 1.54) is 11.1 Å². The fraction of sp³-hybridized carbons (Fsp3) is 0.389. The largest absolute Gasteiger partial charge is 0.357 e. The molecule has 1 aliphatic heterocycles. The molecule has 4 heteroatoms. The topological polar surface area (TPSA) is 27.6 Å². The summed E-state index contributed by atoms with van der Waals surface area (Å²) in [7, 11) is 0. The second-order valence-electron chi connectivity index (χ2n) is 5.18. The number of aliphatic imine (C=N–C) groups is 1. The van der Waals surface area contributed by atoms with Gasteiger partial charge in [0.2, 0.25) is 0 Å². The van der Waals surface area contributed by atoms with Gasteiger partial charge in [-0.3, -0.25) is 0 Å². The van der Waals surface area contributed by atoms with E-state index >= 15 is 0 Å². The number of nitrogens with one attached hydrogen (secondary N) is 1. The molecular formula is C18H26IN3. The van der Waals surface area contributed by atoms with Crippen molar-refractivity contribution in [2.45, 2.75) is 19.8 Å². The van der Waals surface area contributed by atoms with Crippen molar-refractivity contribution in [3.63, 3.8) is 0 Å². The number of benzene rings is 1. The van der Waals surface area contributed by atoms with Gasteiger partial charge < -0.3 is 10.2 Å². The fourth-order valence-electron chi connectivity index (χ4n) is 2.51. The molecule has 0 bridgehead atoms. The Morgan fingerprint density at radius 2 is 1.95 bits per heavy atom. The highest BCUT2D eigenvalue weighted by Crippen LogP contribution is 2.19. The third kappa shape index (κ3) is 5.83. The van der Waals surface area contributed by atoms with E-state index in [1.807, 2.05) is 6.08 Å². The molecule has 0 aromatic heterocycles. The van der Waals surface area contributed by atoms with Crippen LogP contribution in [0.4, 0.5) is 0 Å². The smallest absolute Gasteiger partial charge is 0.194 e. The van der Waals surface area contributed by atoms with Crippen LogP contribution in [0.15, 0.2) is 53.6 Å². The van der Waals surface area contributed by atoms with E-state index in [2.05, 4.69) is 65.1 Å². The van der Waals surface area contributed by atoms with Crippen molar-refractivity contribution in [1.82, 2.24) is 10.2 Å². The number of nitrogens with zero attached hydrogens (tertiary/aromatic N) is 2. The minimum Gasteiger partial charge on any atom is -0.357 e. The van der Waals surface area contributed by atoms with Gasteiger partial charge in [0.05, 0.1) is 6.54 Å². The van der Waals surface area contributed by atoms with Crippen molar-refractivity contribution >= 4 is 36.0 Å². The Kier molecular flexibility index (Phi) is 8.89. The van der Waals surface area contributed by atoms with Gasteiger partial charge >= 0.3 is 0 Å². The van der Waals surface area contributed by atoms with Crippen LogP contribution < -0.4 is 5.32 Å². The first-order valence-corrected chi connectivity index (χ1v) is 7.72. The fourth-order valence-corrected chi connectivity index (χ4v) is 2.51. The summed E-state index contributed by atoms with van der Waals surface area (Å²) in [4.78, 5) is 6.90. The molecule has 0 radical (unpaired) electrons. The van der Waals surface area contributed by atoms with Crippen molar-refractivity contribution in [2.24, 2.45) is 4.99 Å². The molecule has 1 heterocycles. The number of piperidine rings is 1. The summed E-state index contributed by atoms with van der Waals surface area (Å²) >= 11 is 0. The first-order chi connectivity index (χ1) is 10.3. The predicted molar refractivity (Wildman–Crippen MR) is 107 cm³/mol. The second kappa shape index (κ2) is 10.4. The van der Waals surface area contributed by atoms with Crippen molar-refractivity contribution < 1.29 is 0 Å². The van der Waals surface area contributed by atoms with Crippen molar-refractivity contribution in [3.05, 3.63) is 54.1 Å². The van der Waals surface area contributed by atoms with Gasteiger partial charge in [0, 0.05) is 19.6 Å². The molecule has 1 saturated heterocycles. The molecule has 1 fully saturated rings. The molecule has 0 saturated carbocycles. The van der Waals surface area contributed by atoms with E-state index in [0.717, 1.165) is 38.4 Å². The lowest BCUT2D eigenvalue weighted by Gasteiger charge is -2.31. The first kappa shape index (κ1) is 18.7. The van der Waals surface area contributed by atoms with Crippen LogP contribution in [-0.2, 0) is 0 Å². The summed E-state index contributed by atoms with van der Waals surface area (Å²) in [6, 6.07) is 10.6. The highest BCUT2D eigenvalue weighted by atomic mass is 127. The summed E-state index contributed by atoms with van der Waals surface area (Å²) in [5, 5.41) is 3.36. The summed E-state index contributed by atoms with van der Waals surface area (Å²) in [6.45, 7) is 9.47. The summed E-state index contributed by atoms with van der Waals surface area (Å²) in [6.07, 6.45) is 6.37. The third-order valence-corrected chi connectivity index (χ3v) is 3.58. The molecule has 22 heavy (non-hydrogen) atoms. The number of hydrogen-bond acceptors (Lipinski definition) is 1. The monoisotopic (exact) mass is 411 g/mol. The van der Waals surface area contributed by atoms with E-state index in [4.69, 9.17) is 0 Å². The lowest BCUT2D eigenvalue weighted by atomic mass is 10.0. The zero-order valence-corrected chi connectivity index (χ0v) is 15.6. The van der Waals surface area contributed by atoms with Crippen LogP contribution in [0.2, 0.25) is 0 Å². The molecule has 1 N–H and O–H groups in total. The van der Waals surface area contributed by atoms with Crippen LogP contribution in [0.25, 0.3) is 6.08 Å². The van der Waals surface area contributed by atoms with Gasteiger partial charge in [-0.05, 0) is 25.3 Å². The number of likely N-dealkylation sites (tertiary alicyclic amines) is 1. The molecule has 0 atom stereocenters. The second-order valence-corrected chi connectivity index (χ2v) is 5.18. The quantitative estimate of drug-likeness (QED) is 0.352. The Morgan fingerprint density at radius 3 is 2.55 bits per heavy atom. The molecule has 3 nitrogen and oxygen atoms in total. The zero-order valence-electron chi connectivity index (χ0n) is 13.3. The maximum absolute atomic E-state index is 4.56. The molecule has 2 rings (SSSR count). The Labute approximate surface area is 151 Å². The number of halogens is 1. The Hall–Kier alpha value is -1.30. The lowest BCUT2D eigenvalue weighted by Crippen LogP contribution is -2.44. The Balaban J connectivity index is 0.00000242. The molecule has 1 aromatic carbocycles. The van der Waals surface area contributed by atoms with E-state index < -0.39 is 0 Å². The maximum Gasteiger partial charge on any atom is 0.194 e. The normalized spacial score (nSPS) is 15.0. The van der Waals surface area contributed by atoms with Gasteiger partial charge in [-0.15, -0.1) is 30.6 Å². The van der Waals surface area contributed by atoms with Crippen molar-refractivity contribution in [2.75, 3.05) is 26.2 Å². The van der Waals surface area contributed by atoms with E-state index in [9.17, 15) is 0 Å². The lowest BCUT2D eigenvalue weighted by molar-refractivity contribution is 0.376. The van der Waals surface area contributed by atoms with Crippen molar-refractivity contribution in [1.29, 1.82) is 0 Å². The third-order valence-electron chi connectivity index (χ3n) is 3.58. The van der Waals surface area contributed by atoms with E-state index in [0.29, 0.717) is 6.54 Å². The Bertz CT molecular complexity index is 498. The van der Waals surface area contributed by atoms with Crippen molar-refractivity contribution in [3.8, 4) is 0 Å². The molecule has 120 valence electrons. The zero-order chi connectivity index (χ0) is 14.9. The highest BCUT2D eigenvalue weighted by Gasteiger charge is 2.16. The maximum atomic E-state index is 4.56. The van der Waals surface area contributed by atoms with Gasteiger partial charge in [-0.1, -0.05) is 48.1 Å². The first-order valence-electron chi connectivity index (χ1n) is 7.72. The molecule has 1 aromatic rings. The Morgan fingerprint density at radius 1 is 1.27 bits per heavy atom. The van der Waals surface area contributed by atoms with Crippen LogP contribution >= 0.6 is 24.0 Å². The summed E-state index contributed by atoms with van der Waals surface area (Å²) < 4.78 is 0. The van der Waals surface area contributed by atoms with Crippen LogP contribution in [0.5, 0.6) is 0 Å². The van der Waals surface area contributed by atoms with Gasteiger partial charge in [-0.25, -0.2) is 4.99 Å².